The van der Waals surface area contributed by atoms with Crippen molar-refractivity contribution in [2.75, 3.05) is 11.9 Å². The number of anilines is 1. The molecule has 0 aliphatic carbocycles. The van der Waals surface area contributed by atoms with Gasteiger partial charge in [0.2, 0.25) is 15.9 Å². The molecule has 0 spiro atoms. The number of piperidine rings is 1. The first-order valence-electron chi connectivity index (χ1n) is 11.6. The molecule has 0 radical (unpaired) electrons. The van der Waals surface area contributed by atoms with E-state index in [-0.39, 0.29) is 17.0 Å². The normalized spacial score (nSPS) is 17.1. The lowest BCUT2D eigenvalue weighted by Gasteiger charge is -2.32. The minimum absolute atomic E-state index is 0.00219. The van der Waals surface area contributed by atoms with Crippen LogP contribution in [-0.2, 0) is 16.4 Å². The Balaban J connectivity index is 1.39. The lowest BCUT2D eigenvalue weighted by molar-refractivity contribution is 0.102. The largest absolute Gasteiger partial charge is 0.407 e. The molecular weight excluding hydrogens is 452 g/mol. The fourth-order valence-corrected chi connectivity index (χ4v) is 5.78. The number of nitrogens with one attached hydrogen (secondary N) is 1. The van der Waals surface area contributed by atoms with Crippen LogP contribution in [0.5, 0.6) is 0 Å². The molecule has 1 unspecified atom stereocenters. The number of carbonyl (C=O) groups excluding carboxylic acids is 1. The van der Waals surface area contributed by atoms with Gasteiger partial charge in [0.05, 0.1) is 11.3 Å². The Morgan fingerprint density at radius 1 is 1.09 bits per heavy atom. The molecule has 0 bridgehead atoms. The van der Waals surface area contributed by atoms with Crippen molar-refractivity contribution in [3.63, 3.8) is 0 Å². The zero-order valence-electron chi connectivity index (χ0n) is 19.7. The van der Waals surface area contributed by atoms with Gasteiger partial charge in [-0.3, -0.25) is 10.1 Å². The van der Waals surface area contributed by atoms with Gasteiger partial charge in [0.25, 0.3) is 5.91 Å². The van der Waals surface area contributed by atoms with Crippen molar-refractivity contribution in [3.8, 4) is 0 Å². The van der Waals surface area contributed by atoms with Crippen LogP contribution in [0.15, 0.2) is 57.8 Å². The second-order valence-corrected chi connectivity index (χ2v) is 10.9. The van der Waals surface area contributed by atoms with Crippen molar-refractivity contribution in [1.29, 1.82) is 0 Å². The summed E-state index contributed by atoms with van der Waals surface area (Å²) in [4.78, 5) is 12.8. The first kappa shape index (κ1) is 24.1. The molecule has 8 nitrogen and oxygen atoms in total. The summed E-state index contributed by atoms with van der Waals surface area (Å²) in [6, 6.07) is 14.1. The van der Waals surface area contributed by atoms with E-state index in [1.165, 1.54) is 29.8 Å². The maximum atomic E-state index is 13.0. The number of sulfonamides is 1. The van der Waals surface area contributed by atoms with Gasteiger partial charge in [0, 0.05) is 18.2 Å². The second kappa shape index (κ2) is 10.1. The number of hydrogen-bond donors (Lipinski definition) is 1. The van der Waals surface area contributed by atoms with E-state index in [1.54, 1.807) is 4.31 Å². The van der Waals surface area contributed by atoms with Crippen LogP contribution in [0.2, 0.25) is 0 Å². The number of hydrogen-bond acceptors (Lipinski definition) is 6. The molecule has 2 aromatic carbocycles. The monoisotopic (exact) mass is 482 g/mol. The fourth-order valence-electron chi connectivity index (χ4n) is 4.08. The summed E-state index contributed by atoms with van der Waals surface area (Å²) in [7, 11) is -3.59. The number of aromatic nitrogens is 2. The van der Waals surface area contributed by atoms with Crippen molar-refractivity contribution in [3.05, 3.63) is 71.1 Å². The third-order valence-corrected chi connectivity index (χ3v) is 8.18. The first-order valence-corrected chi connectivity index (χ1v) is 13.0. The Kier molecular flexibility index (Phi) is 7.13. The second-order valence-electron chi connectivity index (χ2n) is 9.01. The van der Waals surface area contributed by atoms with E-state index in [9.17, 15) is 13.2 Å². The Morgan fingerprint density at radius 2 is 1.79 bits per heavy atom. The van der Waals surface area contributed by atoms with Crippen LogP contribution in [0, 0.1) is 0 Å². The van der Waals surface area contributed by atoms with Gasteiger partial charge in [-0.1, -0.05) is 49.6 Å². The Bertz CT molecular complexity index is 1230. The minimum atomic E-state index is -3.59. The molecular formula is C25H30N4O4S. The van der Waals surface area contributed by atoms with E-state index >= 15 is 0 Å². The molecule has 2 heterocycles. The molecule has 34 heavy (non-hydrogen) atoms. The van der Waals surface area contributed by atoms with Gasteiger partial charge in [-0.15, -0.1) is 5.10 Å². The predicted octanol–water partition coefficient (Wildman–Crippen LogP) is 4.60. The Hall–Kier alpha value is -3.04. The molecule has 0 saturated carbocycles. The zero-order valence-corrected chi connectivity index (χ0v) is 20.5. The summed E-state index contributed by atoms with van der Waals surface area (Å²) in [5.41, 5.74) is 2.59. The van der Waals surface area contributed by atoms with E-state index in [1.807, 2.05) is 19.1 Å². The number of nitrogens with zero attached hydrogens (tertiary/aromatic N) is 3. The van der Waals surface area contributed by atoms with Gasteiger partial charge in [0.15, 0.2) is 0 Å². The molecule has 1 amide bonds. The number of benzene rings is 2. The highest BCUT2D eigenvalue weighted by molar-refractivity contribution is 7.89. The Morgan fingerprint density at radius 3 is 2.44 bits per heavy atom. The van der Waals surface area contributed by atoms with Crippen LogP contribution in [0.25, 0.3) is 0 Å². The molecule has 3 aromatic rings. The van der Waals surface area contributed by atoms with E-state index < -0.39 is 15.9 Å². The summed E-state index contributed by atoms with van der Waals surface area (Å²) >= 11 is 0. The van der Waals surface area contributed by atoms with E-state index in [4.69, 9.17) is 4.42 Å². The molecule has 9 heteroatoms. The average Bonchev–Trinajstić information content (AvgIpc) is 3.26. The SMILES string of the molecule is CC(C)c1ccc(Cc2nnc(NC(=O)c3ccc(S(=O)(=O)N4CCCCC4C)cc3)o2)cc1. The molecule has 1 fully saturated rings. The van der Waals surface area contributed by atoms with Gasteiger partial charge >= 0.3 is 6.01 Å². The van der Waals surface area contributed by atoms with Gasteiger partial charge in [-0.25, -0.2) is 8.42 Å². The van der Waals surface area contributed by atoms with Crippen molar-refractivity contribution in [2.45, 2.75) is 63.3 Å². The van der Waals surface area contributed by atoms with Gasteiger partial charge in [0.1, 0.15) is 0 Å². The molecule has 1 aromatic heterocycles. The average molecular weight is 483 g/mol. The number of amides is 1. The molecule has 1 aliphatic heterocycles. The van der Waals surface area contributed by atoms with Crippen molar-refractivity contribution < 1.29 is 17.6 Å². The molecule has 1 aliphatic rings. The topological polar surface area (TPSA) is 105 Å². The summed E-state index contributed by atoms with van der Waals surface area (Å²) < 4.78 is 33.0. The molecule has 1 atom stereocenters. The van der Waals surface area contributed by atoms with Crippen LogP contribution in [-0.4, -0.2) is 41.4 Å². The quantitative estimate of drug-likeness (QED) is 0.528. The lowest BCUT2D eigenvalue weighted by Crippen LogP contribution is -2.41. The molecule has 1 saturated heterocycles. The van der Waals surface area contributed by atoms with E-state index in [0.29, 0.717) is 30.3 Å². The molecule has 180 valence electrons. The zero-order chi connectivity index (χ0) is 24.3. The fraction of sp³-hybridized carbons (Fsp3) is 0.400. The standard InChI is InChI=1S/C25H30N4O4S/c1-17(2)20-9-7-19(8-10-20)16-23-27-28-25(33-23)26-24(30)21-11-13-22(14-12-21)34(31,32)29-15-5-4-6-18(29)3/h7-14,17-18H,4-6,15-16H2,1-3H3,(H,26,28,30). The predicted molar refractivity (Wildman–Crippen MR) is 129 cm³/mol. The summed E-state index contributed by atoms with van der Waals surface area (Å²) in [6.45, 7) is 6.73. The van der Waals surface area contributed by atoms with Gasteiger partial charge in [-0.05, 0) is 61.1 Å². The highest BCUT2D eigenvalue weighted by Gasteiger charge is 2.31. The lowest BCUT2D eigenvalue weighted by atomic mass is 10.0. The molecule has 4 rings (SSSR count). The third-order valence-electron chi connectivity index (χ3n) is 6.15. The highest BCUT2D eigenvalue weighted by Crippen LogP contribution is 2.25. The smallest absolute Gasteiger partial charge is 0.322 e. The van der Waals surface area contributed by atoms with Crippen LogP contribution in [0.3, 0.4) is 0 Å². The maximum absolute atomic E-state index is 13.0. The van der Waals surface area contributed by atoms with Gasteiger partial charge in [-0.2, -0.15) is 4.31 Å². The third kappa shape index (κ3) is 5.37. The summed E-state index contributed by atoms with van der Waals surface area (Å²) in [5.74, 6) is 0.401. The minimum Gasteiger partial charge on any atom is -0.407 e. The van der Waals surface area contributed by atoms with Crippen LogP contribution in [0.4, 0.5) is 6.01 Å². The summed E-state index contributed by atoms with van der Waals surface area (Å²) in [5, 5.41) is 10.5. The van der Waals surface area contributed by atoms with Crippen molar-refractivity contribution >= 4 is 21.9 Å². The highest BCUT2D eigenvalue weighted by atomic mass is 32.2. The maximum Gasteiger partial charge on any atom is 0.322 e. The molecule has 1 N–H and O–H groups in total. The van der Waals surface area contributed by atoms with Gasteiger partial charge < -0.3 is 4.42 Å². The van der Waals surface area contributed by atoms with Crippen LogP contribution in [0.1, 0.15) is 73.3 Å². The van der Waals surface area contributed by atoms with E-state index in [0.717, 1.165) is 24.8 Å². The Labute approximate surface area is 200 Å². The number of rotatable bonds is 7. The van der Waals surface area contributed by atoms with Crippen LogP contribution < -0.4 is 5.32 Å². The number of carbonyl (C=O) groups is 1. The van der Waals surface area contributed by atoms with Crippen molar-refractivity contribution in [1.82, 2.24) is 14.5 Å². The van der Waals surface area contributed by atoms with Crippen molar-refractivity contribution in [2.24, 2.45) is 0 Å². The van der Waals surface area contributed by atoms with Crippen LogP contribution >= 0.6 is 0 Å². The summed E-state index contributed by atoms with van der Waals surface area (Å²) in [6.07, 6.45) is 3.21. The first-order chi connectivity index (χ1) is 16.2. The van der Waals surface area contributed by atoms with E-state index in [2.05, 4.69) is 41.5 Å².